The smallest absolute Gasteiger partial charge is 0.0718 e. The van der Waals surface area contributed by atoms with Crippen molar-refractivity contribution in [2.24, 2.45) is 5.11 Å². The van der Waals surface area contributed by atoms with Gasteiger partial charge in [0, 0.05) is 11.5 Å². The molecule has 0 amide bonds. The Balaban J connectivity index is 1.91. The molecule has 0 heterocycles. The lowest BCUT2D eigenvalue weighted by Crippen LogP contribution is -2.10. The van der Waals surface area contributed by atoms with Gasteiger partial charge in [0.15, 0.2) is 0 Å². The summed E-state index contributed by atoms with van der Waals surface area (Å²) in [5.74, 6) is 0. The first-order valence-electron chi connectivity index (χ1n) is 7.18. The van der Waals surface area contributed by atoms with Gasteiger partial charge < -0.3 is 14.2 Å². The summed E-state index contributed by atoms with van der Waals surface area (Å²) >= 11 is 0. The van der Waals surface area contributed by atoms with Crippen LogP contribution in [0.2, 0.25) is 0 Å². The van der Waals surface area contributed by atoms with E-state index in [0.717, 1.165) is 6.42 Å². The van der Waals surface area contributed by atoms with Gasteiger partial charge >= 0.3 is 0 Å². The Kier molecular flexibility index (Phi) is 10.1. The van der Waals surface area contributed by atoms with Crippen LogP contribution in [0.4, 0.5) is 0 Å². The van der Waals surface area contributed by atoms with Crippen LogP contribution in [0.15, 0.2) is 29.4 Å². The van der Waals surface area contributed by atoms with Crippen molar-refractivity contribution in [3.8, 4) is 0 Å². The Hall–Kier alpha value is -1.59. The van der Waals surface area contributed by atoms with Gasteiger partial charge in [0.05, 0.1) is 39.6 Å². The van der Waals surface area contributed by atoms with Gasteiger partial charge in [-0.05, 0) is 23.1 Å². The second-order valence-corrected chi connectivity index (χ2v) is 4.40. The first-order valence-corrected chi connectivity index (χ1v) is 7.18. The number of aryl methyl sites for hydroxylation is 1. The Morgan fingerprint density at radius 2 is 1.48 bits per heavy atom. The minimum absolute atomic E-state index is 0.358. The summed E-state index contributed by atoms with van der Waals surface area (Å²) in [6.07, 6.45) is 1.06. The summed E-state index contributed by atoms with van der Waals surface area (Å²) in [5.41, 5.74) is 10.6. The molecule has 0 unspecified atom stereocenters. The van der Waals surface area contributed by atoms with E-state index in [2.05, 4.69) is 41.2 Å². The molecule has 0 atom stereocenters. The molecule has 0 aliphatic rings. The third kappa shape index (κ3) is 9.05. The van der Waals surface area contributed by atoms with Crippen molar-refractivity contribution in [1.82, 2.24) is 0 Å². The maximum Gasteiger partial charge on any atom is 0.0718 e. The van der Waals surface area contributed by atoms with Crippen LogP contribution in [0.3, 0.4) is 0 Å². The summed E-state index contributed by atoms with van der Waals surface area (Å²) in [7, 11) is 0. The standard InChI is InChI=1S/C15H23N3O3/c1-2-14-3-5-15(6-4-14)13-21-12-11-20-10-9-19-8-7-17-18-16/h3-6H,2,7-13H2,1H3. The molecule has 0 aliphatic carbocycles. The van der Waals surface area contributed by atoms with E-state index in [1.54, 1.807) is 0 Å². The lowest BCUT2D eigenvalue weighted by atomic mass is 10.1. The van der Waals surface area contributed by atoms with E-state index in [9.17, 15) is 0 Å². The van der Waals surface area contributed by atoms with Crippen LogP contribution in [-0.4, -0.2) is 39.6 Å². The molecular formula is C15H23N3O3. The summed E-state index contributed by atoms with van der Waals surface area (Å²) < 4.78 is 16.1. The predicted molar refractivity (Wildman–Crippen MR) is 81.1 cm³/mol. The van der Waals surface area contributed by atoms with Crippen molar-refractivity contribution in [1.29, 1.82) is 0 Å². The van der Waals surface area contributed by atoms with E-state index in [-0.39, 0.29) is 0 Å². The average Bonchev–Trinajstić information content (AvgIpc) is 2.53. The first-order chi connectivity index (χ1) is 10.4. The highest BCUT2D eigenvalue weighted by Gasteiger charge is 1.95. The molecule has 0 N–H and O–H groups in total. The Labute approximate surface area is 125 Å². The third-order valence-electron chi connectivity index (χ3n) is 2.84. The molecule has 6 heteroatoms. The molecule has 0 saturated carbocycles. The minimum atomic E-state index is 0.358. The van der Waals surface area contributed by atoms with Crippen molar-refractivity contribution in [2.45, 2.75) is 20.0 Å². The van der Waals surface area contributed by atoms with E-state index < -0.39 is 0 Å². The maximum atomic E-state index is 8.06. The van der Waals surface area contributed by atoms with Gasteiger partial charge in [-0.15, -0.1) is 0 Å². The zero-order valence-electron chi connectivity index (χ0n) is 12.5. The highest BCUT2D eigenvalue weighted by molar-refractivity contribution is 5.21. The van der Waals surface area contributed by atoms with E-state index >= 15 is 0 Å². The molecule has 0 aromatic heterocycles. The van der Waals surface area contributed by atoms with Gasteiger partial charge in [-0.25, -0.2) is 0 Å². The largest absolute Gasteiger partial charge is 0.379 e. The topological polar surface area (TPSA) is 76.5 Å². The minimum Gasteiger partial charge on any atom is -0.379 e. The molecule has 21 heavy (non-hydrogen) atoms. The van der Waals surface area contributed by atoms with E-state index in [1.807, 2.05) is 0 Å². The number of nitrogens with zero attached hydrogens (tertiary/aromatic N) is 3. The second kappa shape index (κ2) is 12.2. The van der Waals surface area contributed by atoms with Gasteiger partial charge in [0.2, 0.25) is 0 Å². The van der Waals surface area contributed by atoms with Crippen LogP contribution in [0.25, 0.3) is 10.4 Å². The number of benzene rings is 1. The SMILES string of the molecule is CCc1ccc(COCCOCCOCCN=[N+]=[N-])cc1. The van der Waals surface area contributed by atoms with Crippen molar-refractivity contribution in [3.05, 3.63) is 45.8 Å². The summed E-state index contributed by atoms with van der Waals surface area (Å²) in [6.45, 7) is 5.67. The normalized spacial score (nSPS) is 10.3. The second-order valence-electron chi connectivity index (χ2n) is 4.40. The molecule has 0 aliphatic heterocycles. The molecular weight excluding hydrogens is 270 g/mol. The maximum absolute atomic E-state index is 8.06. The van der Waals surface area contributed by atoms with Gasteiger partial charge in [-0.2, -0.15) is 0 Å². The molecule has 0 bridgehead atoms. The van der Waals surface area contributed by atoms with Crippen LogP contribution in [-0.2, 0) is 27.2 Å². The van der Waals surface area contributed by atoms with E-state index in [1.165, 1.54) is 11.1 Å². The number of hydrogen-bond donors (Lipinski definition) is 0. The Bertz CT molecular complexity index is 417. The van der Waals surface area contributed by atoms with Crippen LogP contribution in [0, 0.1) is 0 Å². The highest BCUT2D eigenvalue weighted by Crippen LogP contribution is 2.06. The highest BCUT2D eigenvalue weighted by atomic mass is 16.5. The lowest BCUT2D eigenvalue weighted by molar-refractivity contribution is 0.0119. The van der Waals surface area contributed by atoms with E-state index in [0.29, 0.717) is 46.2 Å². The quantitative estimate of drug-likeness (QED) is 0.257. The fourth-order valence-corrected chi connectivity index (χ4v) is 1.65. The summed E-state index contributed by atoms with van der Waals surface area (Å²) in [5, 5.41) is 3.36. The zero-order valence-corrected chi connectivity index (χ0v) is 12.5. The summed E-state index contributed by atoms with van der Waals surface area (Å²) in [6, 6.07) is 8.44. The molecule has 0 saturated heterocycles. The van der Waals surface area contributed by atoms with Crippen molar-refractivity contribution >= 4 is 0 Å². The molecule has 6 nitrogen and oxygen atoms in total. The monoisotopic (exact) mass is 293 g/mol. The Morgan fingerprint density at radius 3 is 2.10 bits per heavy atom. The molecule has 1 aromatic carbocycles. The van der Waals surface area contributed by atoms with Crippen LogP contribution < -0.4 is 0 Å². The molecule has 0 radical (unpaired) electrons. The number of ether oxygens (including phenoxy) is 3. The molecule has 0 spiro atoms. The fourth-order valence-electron chi connectivity index (χ4n) is 1.65. The van der Waals surface area contributed by atoms with Crippen molar-refractivity contribution in [3.63, 3.8) is 0 Å². The van der Waals surface area contributed by atoms with Crippen LogP contribution >= 0.6 is 0 Å². The van der Waals surface area contributed by atoms with Gasteiger partial charge in [0.1, 0.15) is 0 Å². The lowest BCUT2D eigenvalue weighted by Gasteiger charge is -2.07. The summed E-state index contributed by atoms with van der Waals surface area (Å²) in [4.78, 5) is 2.64. The van der Waals surface area contributed by atoms with Crippen LogP contribution in [0.5, 0.6) is 0 Å². The number of rotatable bonds is 12. The molecule has 1 aromatic rings. The van der Waals surface area contributed by atoms with Gasteiger partial charge in [-0.1, -0.05) is 36.3 Å². The van der Waals surface area contributed by atoms with Crippen LogP contribution in [0.1, 0.15) is 18.1 Å². The average molecular weight is 293 g/mol. The number of hydrogen-bond acceptors (Lipinski definition) is 4. The zero-order chi connectivity index (χ0) is 15.2. The van der Waals surface area contributed by atoms with Gasteiger partial charge in [0.25, 0.3) is 0 Å². The number of azide groups is 1. The van der Waals surface area contributed by atoms with Gasteiger partial charge in [-0.3, -0.25) is 0 Å². The molecule has 0 fully saturated rings. The molecule has 116 valence electrons. The van der Waals surface area contributed by atoms with Crippen molar-refractivity contribution < 1.29 is 14.2 Å². The Morgan fingerprint density at radius 1 is 0.905 bits per heavy atom. The van der Waals surface area contributed by atoms with E-state index in [4.69, 9.17) is 19.7 Å². The molecule has 1 rings (SSSR count). The predicted octanol–water partition coefficient (Wildman–Crippen LogP) is 3.11. The third-order valence-corrected chi connectivity index (χ3v) is 2.84. The fraction of sp³-hybridized carbons (Fsp3) is 0.600. The first kappa shape index (κ1) is 17.5. The van der Waals surface area contributed by atoms with Crippen molar-refractivity contribution in [2.75, 3.05) is 39.6 Å².